The van der Waals surface area contributed by atoms with E-state index in [0.717, 1.165) is 13.1 Å². The van der Waals surface area contributed by atoms with Crippen molar-refractivity contribution in [2.45, 2.75) is 20.8 Å². The highest BCUT2D eigenvalue weighted by Crippen LogP contribution is 2.24. The van der Waals surface area contributed by atoms with Gasteiger partial charge in [0.2, 0.25) is 0 Å². The molecule has 0 aliphatic carbocycles. The molecule has 3 amide bonds. The first-order chi connectivity index (χ1) is 11.7. The van der Waals surface area contributed by atoms with Gasteiger partial charge in [0.25, 0.3) is 5.91 Å². The summed E-state index contributed by atoms with van der Waals surface area (Å²) in [4.78, 5) is 28.6. The number of amides is 3. The van der Waals surface area contributed by atoms with Crippen LogP contribution in [-0.4, -0.2) is 61.5 Å². The minimum Gasteiger partial charge on any atom is -0.352 e. The number of likely N-dealkylation sites (N-methyl/N-ethyl adjacent to an activating group) is 1. The van der Waals surface area contributed by atoms with E-state index in [1.807, 2.05) is 7.05 Å². The number of anilines is 1. The Morgan fingerprint density at radius 2 is 1.80 bits per heavy atom. The molecule has 2 N–H and O–H groups in total. The lowest BCUT2D eigenvalue weighted by Gasteiger charge is -2.32. The summed E-state index contributed by atoms with van der Waals surface area (Å²) < 4.78 is 0. The van der Waals surface area contributed by atoms with E-state index in [1.54, 1.807) is 23.1 Å². The van der Waals surface area contributed by atoms with Crippen LogP contribution in [0.5, 0.6) is 0 Å². The number of hydrogen-bond donors (Lipinski definition) is 2. The van der Waals surface area contributed by atoms with E-state index in [2.05, 4.69) is 36.3 Å². The molecule has 0 aromatic heterocycles. The zero-order valence-corrected chi connectivity index (χ0v) is 16.1. The number of urea groups is 1. The first-order valence-electron chi connectivity index (χ1n) is 8.48. The summed E-state index contributed by atoms with van der Waals surface area (Å²) in [6, 6.07) is 4.72. The third-order valence-corrected chi connectivity index (χ3v) is 4.37. The van der Waals surface area contributed by atoms with Crippen molar-refractivity contribution in [3.05, 3.63) is 28.8 Å². The van der Waals surface area contributed by atoms with Gasteiger partial charge in [-0.15, -0.1) is 0 Å². The highest BCUT2D eigenvalue weighted by atomic mass is 35.5. The van der Waals surface area contributed by atoms with Gasteiger partial charge in [0.05, 0.1) is 10.7 Å². The molecule has 1 saturated heterocycles. The van der Waals surface area contributed by atoms with E-state index in [-0.39, 0.29) is 17.4 Å². The Morgan fingerprint density at radius 3 is 2.40 bits per heavy atom. The molecule has 2 rings (SSSR count). The van der Waals surface area contributed by atoms with Crippen molar-refractivity contribution < 1.29 is 9.59 Å². The van der Waals surface area contributed by atoms with E-state index in [0.29, 0.717) is 35.9 Å². The van der Waals surface area contributed by atoms with Crippen LogP contribution in [-0.2, 0) is 0 Å². The predicted octanol–water partition coefficient (Wildman–Crippen LogP) is 2.90. The maximum absolute atomic E-state index is 12.4. The van der Waals surface area contributed by atoms with Crippen LogP contribution < -0.4 is 10.6 Å². The number of benzene rings is 1. The second-order valence-electron chi connectivity index (χ2n) is 7.66. The standard InChI is InChI=1S/C18H27ClN4O2/c1-18(2,3)12-20-16(24)13-5-6-14(19)15(11-13)21-17(25)23-9-7-22(4)8-10-23/h5-6,11H,7-10,12H2,1-4H3,(H,20,24)(H,21,25). The molecular weight excluding hydrogens is 340 g/mol. The fourth-order valence-corrected chi connectivity index (χ4v) is 2.58. The third-order valence-electron chi connectivity index (χ3n) is 4.04. The first-order valence-corrected chi connectivity index (χ1v) is 8.86. The molecule has 1 aliphatic rings. The summed E-state index contributed by atoms with van der Waals surface area (Å²) in [6.07, 6.45) is 0. The lowest BCUT2D eigenvalue weighted by molar-refractivity contribution is 0.0939. The highest BCUT2D eigenvalue weighted by molar-refractivity contribution is 6.33. The molecule has 0 bridgehead atoms. The van der Waals surface area contributed by atoms with Crippen molar-refractivity contribution in [1.82, 2.24) is 15.1 Å². The van der Waals surface area contributed by atoms with Gasteiger partial charge in [-0.1, -0.05) is 32.4 Å². The predicted molar refractivity (Wildman–Crippen MR) is 101 cm³/mol. The number of nitrogens with zero attached hydrogens (tertiary/aromatic N) is 2. The molecule has 1 aliphatic heterocycles. The van der Waals surface area contributed by atoms with Gasteiger partial charge in [-0.05, 0) is 30.7 Å². The molecule has 138 valence electrons. The number of hydrogen-bond acceptors (Lipinski definition) is 3. The average molecular weight is 367 g/mol. The Kier molecular flexibility index (Phi) is 6.30. The van der Waals surface area contributed by atoms with Crippen LogP contribution in [0.15, 0.2) is 18.2 Å². The fourth-order valence-electron chi connectivity index (χ4n) is 2.41. The fraction of sp³-hybridized carbons (Fsp3) is 0.556. The zero-order chi connectivity index (χ0) is 18.6. The topological polar surface area (TPSA) is 64.7 Å². The number of carbonyl (C=O) groups is 2. The second kappa shape index (κ2) is 8.06. The monoisotopic (exact) mass is 366 g/mol. The van der Waals surface area contributed by atoms with Gasteiger partial charge in [0.1, 0.15) is 0 Å². The van der Waals surface area contributed by atoms with E-state index >= 15 is 0 Å². The summed E-state index contributed by atoms with van der Waals surface area (Å²) in [5.74, 6) is -0.179. The maximum atomic E-state index is 12.4. The molecule has 1 fully saturated rings. The van der Waals surface area contributed by atoms with Gasteiger partial charge in [-0.2, -0.15) is 0 Å². The van der Waals surface area contributed by atoms with Crippen molar-refractivity contribution in [3.8, 4) is 0 Å². The summed E-state index contributed by atoms with van der Waals surface area (Å²) in [5.41, 5.74) is 0.928. The van der Waals surface area contributed by atoms with Crippen LogP contribution in [0.25, 0.3) is 0 Å². The SMILES string of the molecule is CN1CCN(C(=O)Nc2cc(C(=O)NCC(C)(C)C)ccc2Cl)CC1. The lowest BCUT2D eigenvalue weighted by atomic mass is 9.97. The first kappa shape index (κ1) is 19.5. The van der Waals surface area contributed by atoms with Crippen LogP contribution in [0.3, 0.4) is 0 Å². The van der Waals surface area contributed by atoms with E-state index in [4.69, 9.17) is 11.6 Å². The molecule has 0 unspecified atom stereocenters. The molecule has 0 spiro atoms. The largest absolute Gasteiger partial charge is 0.352 e. The number of carbonyl (C=O) groups excluding carboxylic acids is 2. The van der Waals surface area contributed by atoms with Gasteiger partial charge in [0, 0.05) is 38.3 Å². The Bertz CT molecular complexity index is 634. The number of piperazine rings is 1. The Balaban J connectivity index is 2.03. The number of rotatable bonds is 3. The zero-order valence-electron chi connectivity index (χ0n) is 15.4. The lowest BCUT2D eigenvalue weighted by Crippen LogP contribution is -2.48. The molecule has 7 heteroatoms. The summed E-state index contributed by atoms with van der Waals surface area (Å²) in [7, 11) is 2.03. The Labute approximate surface area is 154 Å². The minimum atomic E-state index is -0.192. The summed E-state index contributed by atoms with van der Waals surface area (Å²) in [6.45, 7) is 9.76. The Morgan fingerprint density at radius 1 is 1.16 bits per heavy atom. The highest BCUT2D eigenvalue weighted by Gasteiger charge is 2.20. The third kappa shape index (κ3) is 5.90. The molecule has 1 aromatic carbocycles. The van der Waals surface area contributed by atoms with Gasteiger partial charge in [-0.25, -0.2) is 4.79 Å². The normalized spacial score (nSPS) is 15.8. The van der Waals surface area contributed by atoms with E-state index in [1.165, 1.54) is 0 Å². The van der Waals surface area contributed by atoms with Crippen LogP contribution in [0.2, 0.25) is 5.02 Å². The van der Waals surface area contributed by atoms with Crippen molar-refractivity contribution >= 4 is 29.2 Å². The number of nitrogens with one attached hydrogen (secondary N) is 2. The molecular formula is C18H27ClN4O2. The molecule has 0 saturated carbocycles. The molecule has 6 nitrogen and oxygen atoms in total. The average Bonchev–Trinajstić information content (AvgIpc) is 2.54. The van der Waals surface area contributed by atoms with E-state index in [9.17, 15) is 9.59 Å². The van der Waals surface area contributed by atoms with Crippen molar-refractivity contribution in [2.75, 3.05) is 45.1 Å². The maximum Gasteiger partial charge on any atom is 0.321 e. The van der Waals surface area contributed by atoms with Gasteiger partial charge in [-0.3, -0.25) is 4.79 Å². The smallest absolute Gasteiger partial charge is 0.321 e. The summed E-state index contributed by atoms with van der Waals surface area (Å²) in [5, 5.41) is 6.13. The van der Waals surface area contributed by atoms with Crippen LogP contribution in [0.1, 0.15) is 31.1 Å². The van der Waals surface area contributed by atoms with Gasteiger partial charge < -0.3 is 20.4 Å². The van der Waals surface area contributed by atoms with Crippen LogP contribution >= 0.6 is 11.6 Å². The van der Waals surface area contributed by atoms with Crippen molar-refractivity contribution in [2.24, 2.45) is 5.41 Å². The molecule has 1 heterocycles. The van der Waals surface area contributed by atoms with Gasteiger partial charge >= 0.3 is 6.03 Å². The van der Waals surface area contributed by atoms with Crippen LogP contribution in [0, 0.1) is 5.41 Å². The minimum absolute atomic E-state index is 0.000550. The second-order valence-corrected chi connectivity index (χ2v) is 8.07. The van der Waals surface area contributed by atoms with E-state index < -0.39 is 0 Å². The Hall–Kier alpha value is -1.79. The van der Waals surface area contributed by atoms with Crippen LogP contribution in [0.4, 0.5) is 10.5 Å². The number of halogens is 1. The molecule has 0 radical (unpaired) electrons. The summed E-state index contributed by atoms with van der Waals surface area (Å²) >= 11 is 6.18. The molecule has 0 atom stereocenters. The van der Waals surface area contributed by atoms with Crippen molar-refractivity contribution in [3.63, 3.8) is 0 Å². The molecule has 1 aromatic rings. The van der Waals surface area contributed by atoms with Gasteiger partial charge in [0.15, 0.2) is 0 Å². The van der Waals surface area contributed by atoms with Crippen molar-refractivity contribution in [1.29, 1.82) is 0 Å². The quantitative estimate of drug-likeness (QED) is 0.864. The molecule has 25 heavy (non-hydrogen) atoms.